The van der Waals surface area contributed by atoms with E-state index in [1.807, 2.05) is 0 Å². The maximum absolute atomic E-state index is 10.9. The van der Waals surface area contributed by atoms with Crippen LogP contribution in [0.3, 0.4) is 0 Å². The maximum Gasteiger partial charge on any atom is 0.303 e. The average molecular weight is 239 g/mol. The van der Waals surface area contributed by atoms with Crippen LogP contribution in [-0.2, 0) is 4.79 Å². The lowest BCUT2D eigenvalue weighted by Crippen LogP contribution is -2.05. The molecular formula is C11H13NO5. The lowest BCUT2D eigenvalue weighted by Gasteiger charge is -2.10. The summed E-state index contributed by atoms with van der Waals surface area (Å²) in [5.74, 6) is -1.02. The first kappa shape index (κ1) is 13.0. The van der Waals surface area contributed by atoms with E-state index in [-0.39, 0.29) is 12.1 Å². The van der Waals surface area contributed by atoms with E-state index in [1.54, 1.807) is 13.0 Å². The Balaban J connectivity index is 3.14. The molecule has 0 saturated heterocycles. The Hall–Kier alpha value is -2.11. The first-order valence-electron chi connectivity index (χ1n) is 4.99. The molecule has 0 aliphatic heterocycles. The van der Waals surface area contributed by atoms with Gasteiger partial charge in [-0.25, -0.2) is 0 Å². The molecule has 0 amide bonds. The van der Waals surface area contributed by atoms with Gasteiger partial charge in [0, 0.05) is 5.56 Å². The molecule has 0 aromatic heterocycles. The summed E-state index contributed by atoms with van der Waals surface area (Å²) >= 11 is 0. The molecule has 0 aliphatic rings. The van der Waals surface area contributed by atoms with Crippen molar-refractivity contribution in [1.82, 2.24) is 0 Å². The van der Waals surface area contributed by atoms with Gasteiger partial charge in [0.25, 0.3) is 5.69 Å². The zero-order valence-corrected chi connectivity index (χ0v) is 9.54. The zero-order valence-electron chi connectivity index (χ0n) is 9.54. The second kappa shape index (κ2) is 5.29. The highest BCUT2D eigenvalue weighted by Crippen LogP contribution is 2.31. The van der Waals surface area contributed by atoms with Crippen LogP contribution in [0.1, 0.15) is 24.8 Å². The minimum absolute atomic E-state index is 0.113. The monoisotopic (exact) mass is 239 g/mol. The fraction of sp³-hybridized carbons (Fsp3) is 0.364. The number of ether oxygens (including phenoxy) is 1. The van der Waals surface area contributed by atoms with Gasteiger partial charge in [-0.2, -0.15) is 0 Å². The minimum atomic E-state index is -0.984. The number of aliphatic carboxylic acids is 1. The molecule has 0 bridgehead atoms. The molecule has 1 aromatic rings. The Morgan fingerprint density at radius 2 is 2.24 bits per heavy atom. The standard InChI is InChI=1S/C11H13NO5/c1-7(5-11(13)14)9-4-3-8(17-2)6-10(9)12(15)16/h3-4,6-7H,5H2,1-2H3,(H,13,14). The van der Waals surface area contributed by atoms with Crippen molar-refractivity contribution in [2.45, 2.75) is 19.3 Å². The molecular weight excluding hydrogens is 226 g/mol. The highest BCUT2D eigenvalue weighted by atomic mass is 16.6. The van der Waals surface area contributed by atoms with Gasteiger partial charge in [0.05, 0.1) is 24.5 Å². The van der Waals surface area contributed by atoms with E-state index in [2.05, 4.69) is 0 Å². The van der Waals surface area contributed by atoms with E-state index < -0.39 is 16.8 Å². The molecule has 92 valence electrons. The molecule has 1 atom stereocenters. The second-order valence-electron chi connectivity index (χ2n) is 3.68. The summed E-state index contributed by atoms with van der Waals surface area (Å²) in [7, 11) is 1.42. The summed E-state index contributed by atoms with van der Waals surface area (Å²) in [4.78, 5) is 20.9. The quantitative estimate of drug-likeness (QED) is 0.628. The average Bonchev–Trinajstić information content (AvgIpc) is 2.27. The van der Waals surface area contributed by atoms with Crippen molar-refractivity contribution in [3.05, 3.63) is 33.9 Å². The van der Waals surface area contributed by atoms with Crippen molar-refractivity contribution in [2.75, 3.05) is 7.11 Å². The topological polar surface area (TPSA) is 89.7 Å². The number of nitro groups is 1. The SMILES string of the molecule is COc1ccc(C(C)CC(=O)O)c([N+](=O)[O-])c1. The molecule has 0 radical (unpaired) electrons. The predicted octanol–water partition coefficient (Wildman–Crippen LogP) is 2.18. The molecule has 0 aliphatic carbocycles. The van der Waals surface area contributed by atoms with Gasteiger partial charge in [0.1, 0.15) is 5.75 Å². The summed E-state index contributed by atoms with van der Waals surface area (Å²) in [5, 5.41) is 19.6. The van der Waals surface area contributed by atoms with Crippen LogP contribution in [-0.4, -0.2) is 23.1 Å². The summed E-state index contributed by atoms with van der Waals surface area (Å²) in [6.45, 7) is 1.64. The molecule has 6 nitrogen and oxygen atoms in total. The second-order valence-corrected chi connectivity index (χ2v) is 3.68. The largest absolute Gasteiger partial charge is 0.497 e. The van der Waals surface area contributed by atoms with E-state index in [1.165, 1.54) is 19.2 Å². The Bertz CT molecular complexity index is 443. The van der Waals surface area contributed by atoms with Gasteiger partial charge >= 0.3 is 5.97 Å². The van der Waals surface area contributed by atoms with Gasteiger partial charge < -0.3 is 9.84 Å². The summed E-state index contributed by atoms with van der Waals surface area (Å²) in [5.41, 5.74) is 0.288. The van der Waals surface area contributed by atoms with Crippen LogP contribution in [0.25, 0.3) is 0 Å². The van der Waals surface area contributed by atoms with Gasteiger partial charge in [-0.1, -0.05) is 6.92 Å². The molecule has 1 N–H and O–H groups in total. The third-order valence-electron chi connectivity index (χ3n) is 2.45. The van der Waals surface area contributed by atoms with Crippen LogP contribution in [0.4, 0.5) is 5.69 Å². The number of nitro benzene ring substituents is 1. The van der Waals surface area contributed by atoms with Crippen LogP contribution in [0.5, 0.6) is 5.75 Å². The number of carbonyl (C=O) groups is 1. The van der Waals surface area contributed by atoms with Crippen LogP contribution in [0, 0.1) is 10.1 Å². The Kier molecular flexibility index (Phi) is 4.03. The van der Waals surface area contributed by atoms with Crippen molar-refractivity contribution in [3.8, 4) is 5.75 Å². The van der Waals surface area contributed by atoms with Gasteiger partial charge in [-0.05, 0) is 18.1 Å². The maximum atomic E-state index is 10.9. The molecule has 1 aromatic carbocycles. The molecule has 0 spiro atoms. The molecule has 6 heteroatoms. The summed E-state index contributed by atoms with van der Waals surface area (Å²) in [6, 6.07) is 4.42. The van der Waals surface area contributed by atoms with Crippen LogP contribution >= 0.6 is 0 Å². The number of carboxylic acid groups (broad SMARTS) is 1. The first-order chi connectivity index (χ1) is 7.95. The van der Waals surface area contributed by atoms with Crippen LogP contribution in [0.15, 0.2) is 18.2 Å². The van der Waals surface area contributed by atoms with Crippen LogP contribution in [0.2, 0.25) is 0 Å². The van der Waals surface area contributed by atoms with Gasteiger partial charge in [-0.15, -0.1) is 0 Å². The van der Waals surface area contributed by atoms with Gasteiger partial charge in [0.15, 0.2) is 0 Å². The Morgan fingerprint density at radius 3 is 2.71 bits per heavy atom. The van der Waals surface area contributed by atoms with Crippen molar-refractivity contribution in [1.29, 1.82) is 0 Å². The lowest BCUT2D eigenvalue weighted by atomic mass is 9.96. The van der Waals surface area contributed by atoms with Gasteiger partial charge in [0.2, 0.25) is 0 Å². The van der Waals surface area contributed by atoms with E-state index in [0.717, 1.165) is 0 Å². The number of nitrogens with zero attached hydrogens (tertiary/aromatic N) is 1. The minimum Gasteiger partial charge on any atom is -0.497 e. The van der Waals surface area contributed by atoms with Gasteiger partial charge in [-0.3, -0.25) is 14.9 Å². The lowest BCUT2D eigenvalue weighted by molar-refractivity contribution is -0.385. The molecule has 0 heterocycles. The number of carboxylic acids is 1. The van der Waals surface area contributed by atoms with Crippen molar-refractivity contribution < 1.29 is 19.6 Å². The third-order valence-corrected chi connectivity index (χ3v) is 2.45. The van der Waals surface area contributed by atoms with E-state index in [9.17, 15) is 14.9 Å². The van der Waals surface area contributed by atoms with Crippen molar-refractivity contribution >= 4 is 11.7 Å². The Labute approximate surface area is 98.0 Å². The zero-order chi connectivity index (χ0) is 13.0. The van der Waals surface area contributed by atoms with Crippen molar-refractivity contribution in [2.24, 2.45) is 0 Å². The van der Waals surface area contributed by atoms with Crippen molar-refractivity contribution in [3.63, 3.8) is 0 Å². The molecule has 17 heavy (non-hydrogen) atoms. The smallest absolute Gasteiger partial charge is 0.303 e. The van der Waals surface area contributed by atoms with Crippen LogP contribution < -0.4 is 4.74 Å². The normalized spacial score (nSPS) is 11.9. The number of hydrogen-bond donors (Lipinski definition) is 1. The molecule has 0 saturated carbocycles. The highest BCUT2D eigenvalue weighted by Gasteiger charge is 2.21. The molecule has 1 rings (SSSR count). The molecule has 1 unspecified atom stereocenters. The number of hydrogen-bond acceptors (Lipinski definition) is 4. The van der Waals surface area contributed by atoms with E-state index in [0.29, 0.717) is 11.3 Å². The van der Waals surface area contributed by atoms with E-state index in [4.69, 9.17) is 9.84 Å². The summed E-state index contributed by atoms with van der Waals surface area (Å²) in [6.07, 6.45) is -0.146. The summed E-state index contributed by atoms with van der Waals surface area (Å²) < 4.78 is 4.90. The number of rotatable bonds is 5. The first-order valence-corrected chi connectivity index (χ1v) is 4.99. The third kappa shape index (κ3) is 3.17. The van der Waals surface area contributed by atoms with E-state index >= 15 is 0 Å². The number of benzene rings is 1. The molecule has 0 fully saturated rings. The number of methoxy groups -OCH3 is 1. The fourth-order valence-corrected chi connectivity index (χ4v) is 1.60. The fourth-order valence-electron chi connectivity index (χ4n) is 1.60. The Morgan fingerprint density at radius 1 is 1.59 bits per heavy atom. The highest BCUT2D eigenvalue weighted by molar-refractivity contribution is 5.68. The predicted molar refractivity (Wildman–Crippen MR) is 60.3 cm³/mol.